The molecule has 2 fully saturated rings. The fourth-order valence-electron chi connectivity index (χ4n) is 2.21. The number of piperidine rings is 1. The van der Waals surface area contributed by atoms with Gasteiger partial charge in [0.25, 0.3) is 0 Å². The molecule has 1 amide bonds. The first-order valence-electron chi connectivity index (χ1n) is 4.48. The zero-order valence-electron chi connectivity index (χ0n) is 6.99. The van der Waals surface area contributed by atoms with Crippen molar-refractivity contribution in [2.45, 2.75) is 18.9 Å². The van der Waals surface area contributed by atoms with Gasteiger partial charge in [-0.1, -0.05) is 0 Å². The normalized spacial score (nSPS) is 34.8. The first-order chi connectivity index (χ1) is 5.77. The predicted octanol–water partition coefficient (Wildman–Crippen LogP) is 0.348. The number of carboxylic acid groups (broad SMARTS) is 1. The van der Waals surface area contributed by atoms with E-state index in [9.17, 15) is 4.79 Å². The van der Waals surface area contributed by atoms with Crippen molar-refractivity contribution in [2.24, 2.45) is 5.92 Å². The number of hydrogen-bond donors (Lipinski definition) is 2. The summed E-state index contributed by atoms with van der Waals surface area (Å²) in [6.07, 6.45) is 1.48. The van der Waals surface area contributed by atoms with Gasteiger partial charge in [-0.15, -0.1) is 0 Å². The Hall–Kier alpha value is -0.770. The lowest BCUT2D eigenvalue weighted by Gasteiger charge is -2.32. The molecule has 0 unspecified atom stereocenters. The third-order valence-electron chi connectivity index (χ3n) is 2.95. The van der Waals surface area contributed by atoms with E-state index in [1.807, 2.05) is 0 Å². The molecular formula is C8H14N2O2. The Balaban J connectivity index is 1.96. The summed E-state index contributed by atoms with van der Waals surface area (Å²) in [7, 11) is 0. The molecular weight excluding hydrogens is 156 g/mol. The number of fused-ring (bicyclic) bond motifs is 1. The molecule has 0 saturated carbocycles. The van der Waals surface area contributed by atoms with Crippen LogP contribution in [-0.4, -0.2) is 41.8 Å². The Kier molecular flexibility index (Phi) is 1.92. The van der Waals surface area contributed by atoms with Gasteiger partial charge in [0.2, 0.25) is 0 Å². The van der Waals surface area contributed by atoms with E-state index in [1.165, 1.54) is 11.3 Å². The minimum Gasteiger partial charge on any atom is -0.465 e. The lowest BCUT2D eigenvalue weighted by Crippen LogP contribution is -2.48. The zero-order valence-corrected chi connectivity index (χ0v) is 6.99. The molecule has 2 N–H and O–H groups in total. The molecule has 68 valence electrons. The lowest BCUT2D eigenvalue weighted by atomic mass is 9.93. The Morgan fingerprint density at radius 1 is 1.50 bits per heavy atom. The van der Waals surface area contributed by atoms with Gasteiger partial charge in [0.05, 0.1) is 0 Å². The van der Waals surface area contributed by atoms with Crippen molar-refractivity contribution in [3.8, 4) is 0 Å². The average molecular weight is 170 g/mol. The highest BCUT2D eigenvalue weighted by atomic mass is 16.4. The molecule has 4 nitrogen and oxygen atoms in total. The van der Waals surface area contributed by atoms with E-state index in [0.717, 1.165) is 25.4 Å². The first kappa shape index (κ1) is 7.86. The number of carbonyl (C=O) groups is 1. The fourth-order valence-corrected chi connectivity index (χ4v) is 2.21. The summed E-state index contributed by atoms with van der Waals surface area (Å²) < 4.78 is 0. The van der Waals surface area contributed by atoms with Gasteiger partial charge in [0.1, 0.15) is 0 Å². The molecule has 2 aliphatic rings. The van der Waals surface area contributed by atoms with Crippen molar-refractivity contribution in [3.05, 3.63) is 0 Å². The molecule has 0 aromatic rings. The van der Waals surface area contributed by atoms with E-state index in [4.69, 9.17) is 5.11 Å². The standard InChI is InChI=1S/C8H14N2O2/c11-8(12)10-4-2-6-1-3-9-7(6)5-10/h6-7,9H,1-5H2,(H,11,12)/t6-,7+/m0/s1. The zero-order chi connectivity index (χ0) is 8.55. The molecule has 4 heteroatoms. The molecule has 0 aliphatic carbocycles. The van der Waals surface area contributed by atoms with Crippen LogP contribution in [0.4, 0.5) is 4.79 Å². The maximum atomic E-state index is 10.6. The molecule has 0 bridgehead atoms. The summed E-state index contributed by atoms with van der Waals surface area (Å²) in [6.45, 7) is 2.46. The molecule has 2 rings (SSSR count). The number of amides is 1. The van der Waals surface area contributed by atoms with Crippen molar-refractivity contribution in [2.75, 3.05) is 19.6 Å². The van der Waals surface area contributed by atoms with E-state index in [2.05, 4.69) is 5.32 Å². The van der Waals surface area contributed by atoms with Gasteiger partial charge in [0.15, 0.2) is 0 Å². The van der Waals surface area contributed by atoms with Gasteiger partial charge in [-0.2, -0.15) is 0 Å². The third-order valence-corrected chi connectivity index (χ3v) is 2.95. The molecule has 2 heterocycles. The van der Waals surface area contributed by atoms with Crippen LogP contribution in [0.25, 0.3) is 0 Å². The summed E-state index contributed by atoms with van der Waals surface area (Å²) in [6, 6.07) is 0.426. The number of rotatable bonds is 0. The van der Waals surface area contributed by atoms with Gasteiger partial charge in [-0.25, -0.2) is 4.79 Å². The fraction of sp³-hybridized carbons (Fsp3) is 0.875. The Morgan fingerprint density at radius 3 is 3.08 bits per heavy atom. The Labute approximate surface area is 71.5 Å². The second kappa shape index (κ2) is 2.94. The summed E-state index contributed by atoms with van der Waals surface area (Å²) in [5, 5.41) is 12.1. The van der Waals surface area contributed by atoms with Gasteiger partial charge < -0.3 is 15.3 Å². The highest BCUT2D eigenvalue weighted by Gasteiger charge is 2.33. The lowest BCUT2D eigenvalue weighted by molar-refractivity contribution is 0.118. The molecule has 12 heavy (non-hydrogen) atoms. The van der Waals surface area contributed by atoms with E-state index >= 15 is 0 Å². The van der Waals surface area contributed by atoms with Gasteiger partial charge in [-0.05, 0) is 25.3 Å². The summed E-state index contributed by atoms with van der Waals surface area (Å²) in [4.78, 5) is 12.2. The smallest absolute Gasteiger partial charge is 0.407 e. The van der Waals surface area contributed by atoms with Crippen molar-refractivity contribution in [1.82, 2.24) is 10.2 Å². The quantitative estimate of drug-likeness (QED) is 0.551. The van der Waals surface area contributed by atoms with Gasteiger partial charge in [0, 0.05) is 19.1 Å². The van der Waals surface area contributed by atoms with E-state index in [1.54, 1.807) is 0 Å². The number of nitrogens with zero attached hydrogens (tertiary/aromatic N) is 1. The van der Waals surface area contributed by atoms with Crippen LogP contribution in [0.2, 0.25) is 0 Å². The van der Waals surface area contributed by atoms with Crippen LogP contribution >= 0.6 is 0 Å². The molecule has 0 radical (unpaired) electrons. The maximum Gasteiger partial charge on any atom is 0.407 e. The van der Waals surface area contributed by atoms with Crippen LogP contribution in [0, 0.1) is 5.92 Å². The predicted molar refractivity (Wildman–Crippen MR) is 44.1 cm³/mol. The molecule has 0 aromatic heterocycles. The Bertz CT molecular complexity index is 195. The van der Waals surface area contributed by atoms with Crippen molar-refractivity contribution < 1.29 is 9.90 Å². The monoisotopic (exact) mass is 170 g/mol. The largest absolute Gasteiger partial charge is 0.465 e. The highest BCUT2D eigenvalue weighted by Crippen LogP contribution is 2.24. The number of hydrogen-bond acceptors (Lipinski definition) is 2. The van der Waals surface area contributed by atoms with E-state index in [-0.39, 0.29) is 0 Å². The summed E-state index contributed by atoms with van der Waals surface area (Å²) in [5.74, 6) is 0.723. The summed E-state index contributed by atoms with van der Waals surface area (Å²) >= 11 is 0. The number of likely N-dealkylation sites (tertiary alicyclic amines) is 1. The molecule has 2 saturated heterocycles. The first-order valence-corrected chi connectivity index (χ1v) is 4.48. The van der Waals surface area contributed by atoms with E-state index < -0.39 is 6.09 Å². The van der Waals surface area contributed by atoms with Crippen LogP contribution in [0.5, 0.6) is 0 Å². The van der Waals surface area contributed by atoms with Crippen LogP contribution < -0.4 is 5.32 Å². The summed E-state index contributed by atoms with van der Waals surface area (Å²) in [5.41, 5.74) is 0. The maximum absolute atomic E-state index is 10.6. The second-order valence-electron chi connectivity index (χ2n) is 3.63. The van der Waals surface area contributed by atoms with E-state index in [0.29, 0.717) is 12.6 Å². The molecule has 2 aliphatic heterocycles. The van der Waals surface area contributed by atoms with Crippen molar-refractivity contribution in [1.29, 1.82) is 0 Å². The number of nitrogens with one attached hydrogen (secondary N) is 1. The minimum atomic E-state index is -0.776. The van der Waals surface area contributed by atoms with Crippen molar-refractivity contribution >= 4 is 6.09 Å². The highest BCUT2D eigenvalue weighted by molar-refractivity contribution is 5.65. The van der Waals surface area contributed by atoms with Gasteiger partial charge >= 0.3 is 6.09 Å². The van der Waals surface area contributed by atoms with Crippen molar-refractivity contribution in [3.63, 3.8) is 0 Å². The van der Waals surface area contributed by atoms with Crippen LogP contribution in [0.1, 0.15) is 12.8 Å². The molecule has 0 aromatic carbocycles. The van der Waals surface area contributed by atoms with Gasteiger partial charge in [-0.3, -0.25) is 0 Å². The third kappa shape index (κ3) is 1.27. The van der Waals surface area contributed by atoms with Crippen LogP contribution in [0.3, 0.4) is 0 Å². The second-order valence-corrected chi connectivity index (χ2v) is 3.63. The van der Waals surface area contributed by atoms with Crippen LogP contribution in [0.15, 0.2) is 0 Å². The SMILES string of the molecule is O=C(O)N1CC[C@@H]2CCN[C@@H]2C1. The minimum absolute atomic E-state index is 0.426. The average Bonchev–Trinajstić information content (AvgIpc) is 2.49. The topological polar surface area (TPSA) is 52.6 Å². The molecule has 0 spiro atoms. The Morgan fingerprint density at radius 2 is 2.33 bits per heavy atom. The molecule has 2 atom stereocenters. The van der Waals surface area contributed by atoms with Crippen LogP contribution in [-0.2, 0) is 0 Å².